The molecule has 0 atom stereocenters. The molecule has 1 aromatic rings. The number of nitriles is 1. The third-order valence-corrected chi connectivity index (χ3v) is 2.30. The molecule has 0 fully saturated rings. The SMILES string of the molecule is COc1ccc(CNCCC(F)(F)F)cc1C#N. The Morgan fingerprint density at radius 1 is 1.39 bits per heavy atom. The highest BCUT2D eigenvalue weighted by molar-refractivity contribution is 5.45. The van der Waals surface area contributed by atoms with Crippen molar-refractivity contribution in [3.05, 3.63) is 29.3 Å². The summed E-state index contributed by atoms with van der Waals surface area (Å²) in [6.07, 6.45) is -5.01. The van der Waals surface area contributed by atoms with Crippen molar-refractivity contribution in [1.29, 1.82) is 5.26 Å². The molecule has 0 bridgehead atoms. The Morgan fingerprint density at radius 2 is 2.11 bits per heavy atom. The van der Waals surface area contributed by atoms with Crippen LogP contribution < -0.4 is 10.1 Å². The van der Waals surface area contributed by atoms with Gasteiger partial charge in [-0.3, -0.25) is 0 Å². The van der Waals surface area contributed by atoms with Crippen molar-refractivity contribution in [3.8, 4) is 11.8 Å². The van der Waals surface area contributed by atoms with Gasteiger partial charge >= 0.3 is 6.18 Å². The number of hydrogen-bond acceptors (Lipinski definition) is 3. The van der Waals surface area contributed by atoms with E-state index in [1.807, 2.05) is 6.07 Å². The number of rotatable bonds is 5. The molecule has 0 unspecified atom stereocenters. The zero-order valence-corrected chi connectivity index (χ0v) is 9.84. The molecule has 3 nitrogen and oxygen atoms in total. The Bertz CT molecular complexity index is 438. The molecule has 6 heteroatoms. The zero-order valence-electron chi connectivity index (χ0n) is 9.84. The predicted molar refractivity (Wildman–Crippen MR) is 60.1 cm³/mol. The molecule has 0 saturated heterocycles. The van der Waals surface area contributed by atoms with Gasteiger partial charge < -0.3 is 10.1 Å². The number of ether oxygens (including phenoxy) is 1. The average Bonchev–Trinajstić information content (AvgIpc) is 2.33. The van der Waals surface area contributed by atoms with Crippen LogP contribution in [0.2, 0.25) is 0 Å². The predicted octanol–water partition coefficient (Wildman–Crippen LogP) is 2.61. The summed E-state index contributed by atoms with van der Waals surface area (Å²) in [7, 11) is 1.46. The van der Waals surface area contributed by atoms with Gasteiger partial charge in [0.2, 0.25) is 0 Å². The van der Waals surface area contributed by atoms with E-state index in [9.17, 15) is 13.2 Å². The minimum absolute atomic E-state index is 0.141. The van der Waals surface area contributed by atoms with E-state index in [0.29, 0.717) is 11.3 Å². The largest absolute Gasteiger partial charge is 0.495 e. The summed E-state index contributed by atoms with van der Waals surface area (Å²) in [6, 6.07) is 6.90. The van der Waals surface area contributed by atoms with Crippen molar-refractivity contribution >= 4 is 0 Å². The van der Waals surface area contributed by atoms with Gasteiger partial charge in [0.1, 0.15) is 11.8 Å². The van der Waals surface area contributed by atoms with Crippen LogP contribution in [0.1, 0.15) is 17.5 Å². The Balaban J connectivity index is 2.51. The molecule has 0 amide bonds. The summed E-state index contributed by atoms with van der Waals surface area (Å²) in [5.74, 6) is 0.455. The van der Waals surface area contributed by atoms with Gasteiger partial charge in [0, 0.05) is 13.1 Å². The normalized spacial score (nSPS) is 11.1. The lowest BCUT2D eigenvalue weighted by atomic mass is 10.1. The zero-order chi connectivity index (χ0) is 13.6. The maximum absolute atomic E-state index is 11.9. The summed E-state index contributed by atoms with van der Waals surface area (Å²) < 4.78 is 40.7. The van der Waals surface area contributed by atoms with E-state index in [1.165, 1.54) is 7.11 Å². The van der Waals surface area contributed by atoms with Crippen LogP contribution in [-0.2, 0) is 6.54 Å². The third kappa shape index (κ3) is 4.63. The van der Waals surface area contributed by atoms with Crippen molar-refractivity contribution in [3.63, 3.8) is 0 Å². The van der Waals surface area contributed by atoms with E-state index in [2.05, 4.69) is 5.32 Å². The summed E-state index contributed by atoms with van der Waals surface area (Å²) >= 11 is 0. The van der Waals surface area contributed by atoms with Crippen LogP contribution >= 0.6 is 0 Å². The highest BCUT2D eigenvalue weighted by Crippen LogP contribution is 2.20. The first-order valence-corrected chi connectivity index (χ1v) is 5.31. The summed E-state index contributed by atoms with van der Waals surface area (Å²) in [6.45, 7) is 0.145. The smallest absolute Gasteiger partial charge is 0.390 e. The molecule has 0 spiro atoms. The van der Waals surface area contributed by atoms with Crippen LogP contribution in [0.4, 0.5) is 13.2 Å². The molecule has 0 aliphatic heterocycles. The van der Waals surface area contributed by atoms with E-state index in [-0.39, 0.29) is 13.1 Å². The van der Waals surface area contributed by atoms with Gasteiger partial charge in [0.05, 0.1) is 19.1 Å². The highest BCUT2D eigenvalue weighted by Gasteiger charge is 2.25. The van der Waals surface area contributed by atoms with E-state index < -0.39 is 12.6 Å². The fourth-order valence-corrected chi connectivity index (χ4v) is 1.42. The van der Waals surface area contributed by atoms with Crippen molar-refractivity contribution in [1.82, 2.24) is 5.32 Å². The van der Waals surface area contributed by atoms with Crippen molar-refractivity contribution in [2.75, 3.05) is 13.7 Å². The number of halogens is 3. The summed E-state index contributed by atoms with van der Waals surface area (Å²) in [5, 5.41) is 11.5. The molecular weight excluding hydrogens is 245 g/mol. The van der Waals surface area contributed by atoms with Gasteiger partial charge in [0.25, 0.3) is 0 Å². The summed E-state index contributed by atoms with van der Waals surface area (Å²) in [5.41, 5.74) is 1.11. The monoisotopic (exact) mass is 258 g/mol. The van der Waals surface area contributed by atoms with Crippen molar-refractivity contribution < 1.29 is 17.9 Å². The minimum Gasteiger partial charge on any atom is -0.495 e. The first kappa shape index (κ1) is 14.3. The second kappa shape index (κ2) is 6.26. The molecule has 0 aliphatic rings. The van der Waals surface area contributed by atoms with Gasteiger partial charge in [-0.15, -0.1) is 0 Å². The molecule has 98 valence electrons. The molecule has 1 N–H and O–H groups in total. The van der Waals surface area contributed by atoms with E-state index in [1.54, 1.807) is 18.2 Å². The molecule has 1 aromatic carbocycles. The molecular formula is C12H13F3N2O. The lowest BCUT2D eigenvalue weighted by Gasteiger charge is -2.09. The third-order valence-electron chi connectivity index (χ3n) is 2.30. The lowest BCUT2D eigenvalue weighted by molar-refractivity contribution is -0.133. The van der Waals surface area contributed by atoms with Crippen molar-refractivity contribution in [2.45, 2.75) is 19.1 Å². The van der Waals surface area contributed by atoms with Crippen LogP contribution in [-0.4, -0.2) is 19.8 Å². The van der Waals surface area contributed by atoms with E-state index in [0.717, 1.165) is 5.56 Å². The Kier molecular flexibility index (Phi) is 4.98. The second-order valence-electron chi connectivity index (χ2n) is 3.69. The maximum atomic E-state index is 11.9. The number of benzene rings is 1. The highest BCUT2D eigenvalue weighted by atomic mass is 19.4. The van der Waals surface area contributed by atoms with Crippen molar-refractivity contribution in [2.24, 2.45) is 0 Å². The molecule has 0 saturated carbocycles. The molecule has 0 aliphatic carbocycles. The van der Waals surface area contributed by atoms with Gasteiger partial charge in [-0.1, -0.05) is 6.07 Å². The van der Waals surface area contributed by atoms with Gasteiger partial charge in [-0.05, 0) is 17.7 Å². The Morgan fingerprint density at radius 3 is 2.67 bits per heavy atom. The number of hydrogen-bond donors (Lipinski definition) is 1. The van der Waals surface area contributed by atoms with Gasteiger partial charge in [0.15, 0.2) is 0 Å². The molecule has 0 aromatic heterocycles. The first-order chi connectivity index (χ1) is 8.46. The van der Waals surface area contributed by atoms with E-state index in [4.69, 9.17) is 10.00 Å². The maximum Gasteiger partial charge on any atom is 0.390 e. The van der Waals surface area contributed by atoms with Crippen LogP contribution in [0.3, 0.4) is 0 Å². The molecule has 0 radical (unpaired) electrons. The fourth-order valence-electron chi connectivity index (χ4n) is 1.42. The van der Waals surface area contributed by atoms with Crippen LogP contribution in [0.15, 0.2) is 18.2 Å². The quantitative estimate of drug-likeness (QED) is 0.826. The Labute approximate surface area is 103 Å². The standard InChI is InChI=1S/C12H13F3N2O/c1-18-11-3-2-9(6-10(11)7-16)8-17-5-4-12(13,14)15/h2-3,6,17H,4-5,8H2,1H3. The first-order valence-electron chi connectivity index (χ1n) is 5.31. The van der Waals surface area contributed by atoms with Gasteiger partial charge in [-0.2, -0.15) is 18.4 Å². The number of alkyl halides is 3. The van der Waals surface area contributed by atoms with Crippen LogP contribution in [0.25, 0.3) is 0 Å². The second-order valence-corrected chi connectivity index (χ2v) is 3.69. The molecule has 1 rings (SSSR count). The number of nitrogens with zero attached hydrogens (tertiary/aromatic N) is 1. The fraction of sp³-hybridized carbons (Fsp3) is 0.417. The molecule has 18 heavy (non-hydrogen) atoms. The number of nitrogens with one attached hydrogen (secondary N) is 1. The topological polar surface area (TPSA) is 45.0 Å². The Hall–Kier alpha value is -1.74. The van der Waals surface area contributed by atoms with Gasteiger partial charge in [-0.25, -0.2) is 0 Å². The average molecular weight is 258 g/mol. The van der Waals surface area contributed by atoms with Crippen LogP contribution in [0.5, 0.6) is 5.75 Å². The lowest BCUT2D eigenvalue weighted by Crippen LogP contribution is -2.21. The minimum atomic E-state index is -4.15. The number of methoxy groups -OCH3 is 1. The summed E-state index contributed by atoms with van der Waals surface area (Å²) in [4.78, 5) is 0. The van der Waals surface area contributed by atoms with E-state index >= 15 is 0 Å². The molecule has 0 heterocycles. The van der Waals surface area contributed by atoms with Crippen LogP contribution in [0, 0.1) is 11.3 Å².